The lowest BCUT2D eigenvalue weighted by molar-refractivity contribution is -0.138. The Kier molecular flexibility index (Phi) is 7.69. The van der Waals surface area contributed by atoms with E-state index in [0.29, 0.717) is 39.1 Å². The van der Waals surface area contributed by atoms with Gasteiger partial charge in [-0.25, -0.2) is 0 Å². The van der Waals surface area contributed by atoms with Gasteiger partial charge in [0.15, 0.2) is 0 Å². The number of carboxylic acids is 1. The zero-order valence-corrected chi connectivity index (χ0v) is 14.3. The van der Waals surface area contributed by atoms with E-state index in [1.807, 2.05) is 0 Å². The van der Waals surface area contributed by atoms with Crippen molar-refractivity contribution in [2.75, 3.05) is 32.7 Å². The maximum atomic E-state index is 12.7. The molecule has 1 aromatic rings. The van der Waals surface area contributed by atoms with E-state index < -0.39 is 23.6 Å². The van der Waals surface area contributed by atoms with Crippen LogP contribution in [0.25, 0.3) is 0 Å². The average molecular weight is 381 g/mol. The minimum atomic E-state index is -4.47. The largest absolute Gasteiger partial charge is 0.481 e. The molecule has 140 valence electrons. The molecule has 5 nitrogen and oxygen atoms in total. The smallest absolute Gasteiger partial charge is 0.416 e. The van der Waals surface area contributed by atoms with Gasteiger partial charge in [-0.2, -0.15) is 13.2 Å². The van der Waals surface area contributed by atoms with Crippen LogP contribution in [0.15, 0.2) is 24.3 Å². The molecule has 9 heteroatoms. The first-order chi connectivity index (χ1) is 11.3. The number of carbonyl (C=O) groups excluding carboxylic acids is 1. The molecule has 0 bridgehead atoms. The van der Waals surface area contributed by atoms with Crippen LogP contribution in [0.1, 0.15) is 28.8 Å². The molecule has 2 rings (SSSR count). The summed E-state index contributed by atoms with van der Waals surface area (Å²) < 4.78 is 38.2. The topological polar surface area (TPSA) is 60.9 Å². The highest BCUT2D eigenvalue weighted by Crippen LogP contribution is 2.29. The van der Waals surface area contributed by atoms with Gasteiger partial charge < -0.3 is 10.0 Å². The van der Waals surface area contributed by atoms with Crippen molar-refractivity contribution in [2.24, 2.45) is 0 Å². The van der Waals surface area contributed by atoms with Crippen LogP contribution in [0.3, 0.4) is 0 Å². The molecule has 1 saturated heterocycles. The van der Waals surface area contributed by atoms with Crippen molar-refractivity contribution >= 4 is 24.3 Å². The van der Waals surface area contributed by atoms with Crippen molar-refractivity contribution in [2.45, 2.75) is 19.0 Å². The fraction of sp³-hybridized carbons (Fsp3) is 0.500. The molecule has 0 aromatic heterocycles. The van der Waals surface area contributed by atoms with Crippen LogP contribution in [-0.2, 0) is 11.0 Å². The van der Waals surface area contributed by atoms with Crippen molar-refractivity contribution < 1.29 is 27.9 Å². The zero-order valence-electron chi connectivity index (χ0n) is 13.5. The third kappa shape index (κ3) is 6.21. The standard InChI is InChI=1S/C16H19F3N2O3.ClH/c17-16(18,19)13-4-1-3-12(11-13)15(24)21-9-7-20(8-10-21)6-2-5-14(22)23;/h1,3-4,11H,2,5-10H2,(H,22,23);1H. The monoisotopic (exact) mass is 380 g/mol. The molecule has 1 aliphatic heterocycles. The Bertz CT molecular complexity index is 603. The summed E-state index contributed by atoms with van der Waals surface area (Å²) in [6, 6.07) is 4.44. The number of hydrogen-bond donors (Lipinski definition) is 1. The predicted molar refractivity (Wildman–Crippen MR) is 87.9 cm³/mol. The third-order valence-corrected chi connectivity index (χ3v) is 3.96. The number of aliphatic carboxylic acids is 1. The second-order valence-electron chi connectivity index (χ2n) is 5.71. The van der Waals surface area contributed by atoms with Gasteiger partial charge >= 0.3 is 12.1 Å². The molecule has 25 heavy (non-hydrogen) atoms. The molecule has 1 aromatic carbocycles. The minimum absolute atomic E-state index is 0. The lowest BCUT2D eigenvalue weighted by Gasteiger charge is -2.34. The minimum Gasteiger partial charge on any atom is -0.481 e. The highest BCUT2D eigenvalue weighted by Gasteiger charge is 2.31. The number of amides is 1. The molecule has 1 N–H and O–H groups in total. The zero-order chi connectivity index (χ0) is 17.7. The number of benzene rings is 1. The molecule has 1 heterocycles. The fourth-order valence-corrected chi connectivity index (χ4v) is 2.64. The maximum Gasteiger partial charge on any atom is 0.416 e. The Morgan fingerprint density at radius 2 is 1.76 bits per heavy atom. The van der Waals surface area contributed by atoms with Gasteiger partial charge in [-0.3, -0.25) is 14.5 Å². The van der Waals surface area contributed by atoms with Crippen molar-refractivity contribution in [1.82, 2.24) is 9.80 Å². The van der Waals surface area contributed by atoms with Gasteiger partial charge in [-0.15, -0.1) is 12.4 Å². The Morgan fingerprint density at radius 1 is 1.12 bits per heavy atom. The molecule has 0 atom stereocenters. The first kappa shape index (κ1) is 21.2. The van der Waals surface area contributed by atoms with Gasteiger partial charge in [-0.05, 0) is 31.2 Å². The van der Waals surface area contributed by atoms with Gasteiger partial charge in [0.2, 0.25) is 0 Å². The predicted octanol–water partition coefficient (Wildman–Crippen LogP) is 2.75. The molecule has 0 saturated carbocycles. The number of alkyl halides is 3. The van der Waals surface area contributed by atoms with Gasteiger partial charge in [0.05, 0.1) is 5.56 Å². The summed E-state index contributed by atoms with van der Waals surface area (Å²) in [5.41, 5.74) is -0.801. The van der Waals surface area contributed by atoms with E-state index in [1.54, 1.807) is 0 Å². The molecule has 0 unspecified atom stereocenters. The van der Waals surface area contributed by atoms with E-state index in [9.17, 15) is 22.8 Å². The molecule has 0 aliphatic carbocycles. The summed E-state index contributed by atoms with van der Waals surface area (Å²) in [6.07, 6.45) is -3.83. The van der Waals surface area contributed by atoms with Crippen LogP contribution in [0.5, 0.6) is 0 Å². The Morgan fingerprint density at radius 3 is 2.32 bits per heavy atom. The highest BCUT2D eigenvalue weighted by molar-refractivity contribution is 5.94. The Hall–Kier alpha value is -1.80. The second-order valence-corrected chi connectivity index (χ2v) is 5.71. The lowest BCUT2D eigenvalue weighted by Crippen LogP contribution is -2.48. The number of carbonyl (C=O) groups is 2. The van der Waals surface area contributed by atoms with Gasteiger partial charge in [-0.1, -0.05) is 6.07 Å². The van der Waals surface area contributed by atoms with E-state index >= 15 is 0 Å². The van der Waals surface area contributed by atoms with Gasteiger partial charge in [0, 0.05) is 38.2 Å². The van der Waals surface area contributed by atoms with Crippen LogP contribution >= 0.6 is 12.4 Å². The average Bonchev–Trinajstić information content (AvgIpc) is 2.54. The third-order valence-electron chi connectivity index (χ3n) is 3.96. The number of hydrogen-bond acceptors (Lipinski definition) is 3. The van der Waals surface area contributed by atoms with Crippen molar-refractivity contribution in [1.29, 1.82) is 0 Å². The molecule has 1 fully saturated rings. The summed E-state index contributed by atoms with van der Waals surface area (Å²) in [7, 11) is 0. The number of carboxylic acid groups (broad SMARTS) is 1. The summed E-state index contributed by atoms with van der Waals surface area (Å²) in [5.74, 6) is -1.25. The van der Waals surface area contributed by atoms with Crippen LogP contribution in [0.2, 0.25) is 0 Å². The first-order valence-corrected chi connectivity index (χ1v) is 7.68. The number of rotatable bonds is 5. The van der Waals surface area contributed by atoms with E-state index in [1.165, 1.54) is 17.0 Å². The van der Waals surface area contributed by atoms with Crippen molar-refractivity contribution in [3.8, 4) is 0 Å². The SMILES string of the molecule is Cl.O=C(O)CCCN1CCN(C(=O)c2cccc(C(F)(F)F)c2)CC1. The summed E-state index contributed by atoms with van der Waals surface area (Å²) in [4.78, 5) is 26.4. The van der Waals surface area contributed by atoms with Crippen LogP contribution < -0.4 is 0 Å². The molecule has 1 amide bonds. The number of piperazine rings is 1. The lowest BCUT2D eigenvalue weighted by atomic mass is 10.1. The van der Waals surface area contributed by atoms with Crippen LogP contribution in [0.4, 0.5) is 13.2 Å². The molecular weight excluding hydrogens is 361 g/mol. The van der Waals surface area contributed by atoms with E-state index in [4.69, 9.17) is 5.11 Å². The highest BCUT2D eigenvalue weighted by atomic mass is 35.5. The van der Waals surface area contributed by atoms with Gasteiger partial charge in [0.1, 0.15) is 0 Å². The summed E-state index contributed by atoms with van der Waals surface area (Å²) in [6.45, 7) is 2.65. The van der Waals surface area contributed by atoms with E-state index in [0.717, 1.165) is 12.1 Å². The van der Waals surface area contributed by atoms with E-state index in [2.05, 4.69) is 4.90 Å². The Balaban J connectivity index is 0.00000312. The summed E-state index contributed by atoms with van der Waals surface area (Å²) >= 11 is 0. The van der Waals surface area contributed by atoms with E-state index in [-0.39, 0.29) is 24.4 Å². The molecule has 0 spiro atoms. The number of halogens is 4. The van der Waals surface area contributed by atoms with Crippen LogP contribution in [-0.4, -0.2) is 59.5 Å². The first-order valence-electron chi connectivity index (χ1n) is 7.68. The normalized spacial score (nSPS) is 15.6. The Labute approximate surface area is 149 Å². The quantitative estimate of drug-likeness (QED) is 0.853. The fourth-order valence-electron chi connectivity index (χ4n) is 2.64. The van der Waals surface area contributed by atoms with Crippen molar-refractivity contribution in [3.63, 3.8) is 0 Å². The van der Waals surface area contributed by atoms with Crippen LogP contribution in [0, 0.1) is 0 Å². The summed E-state index contributed by atoms with van der Waals surface area (Å²) in [5, 5.41) is 8.61. The maximum absolute atomic E-state index is 12.7. The van der Waals surface area contributed by atoms with Crippen molar-refractivity contribution in [3.05, 3.63) is 35.4 Å². The molecular formula is C16H20ClF3N2O3. The number of nitrogens with zero attached hydrogens (tertiary/aromatic N) is 2. The second kappa shape index (κ2) is 9.05. The molecule has 0 radical (unpaired) electrons. The van der Waals surface area contributed by atoms with Gasteiger partial charge in [0.25, 0.3) is 5.91 Å². The molecule has 1 aliphatic rings.